The van der Waals surface area contributed by atoms with Crippen LogP contribution in [0.1, 0.15) is 16.7 Å². The molecule has 104 valence electrons. The van der Waals surface area contributed by atoms with E-state index in [1.54, 1.807) is 49.4 Å². The molecule has 0 bridgehead atoms. The molecule has 20 heavy (non-hydrogen) atoms. The van der Waals surface area contributed by atoms with Crippen LogP contribution in [0.25, 0.3) is 12.2 Å². The zero-order valence-electron chi connectivity index (χ0n) is 11.3. The largest absolute Gasteiger partial charge is 0.508 e. The summed E-state index contributed by atoms with van der Waals surface area (Å²) in [4.78, 5) is 0. The molecular weight excluding hydrogens is 256 g/mol. The summed E-state index contributed by atoms with van der Waals surface area (Å²) < 4.78 is 5.03. The van der Waals surface area contributed by atoms with E-state index in [9.17, 15) is 15.3 Å². The van der Waals surface area contributed by atoms with E-state index in [0.717, 1.165) is 5.56 Å². The Bertz CT molecular complexity index is 637. The van der Waals surface area contributed by atoms with Crippen molar-refractivity contribution in [2.24, 2.45) is 0 Å². The summed E-state index contributed by atoms with van der Waals surface area (Å²) in [5.74, 6) is 0.567. The number of benzene rings is 2. The second-order valence-electron chi connectivity index (χ2n) is 4.45. The summed E-state index contributed by atoms with van der Waals surface area (Å²) in [5.41, 5.74) is 1.96. The Hall–Kier alpha value is -2.62. The van der Waals surface area contributed by atoms with Gasteiger partial charge in [-0.1, -0.05) is 18.2 Å². The van der Waals surface area contributed by atoms with Gasteiger partial charge in [0.1, 0.15) is 11.5 Å². The van der Waals surface area contributed by atoms with Gasteiger partial charge in [-0.3, -0.25) is 0 Å². The third-order valence-corrected chi connectivity index (χ3v) is 3.05. The van der Waals surface area contributed by atoms with Gasteiger partial charge < -0.3 is 20.1 Å². The molecule has 0 unspecified atom stereocenters. The van der Waals surface area contributed by atoms with Crippen molar-refractivity contribution < 1.29 is 20.1 Å². The van der Waals surface area contributed by atoms with Crippen molar-refractivity contribution in [3.05, 3.63) is 47.0 Å². The van der Waals surface area contributed by atoms with Crippen LogP contribution in [-0.2, 0) is 0 Å². The molecule has 0 saturated carbocycles. The minimum absolute atomic E-state index is 0.0490. The molecule has 4 nitrogen and oxygen atoms in total. The van der Waals surface area contributed by atoms with Crippen molar-refractivity contribution in [1.29, 1.82) is 0 Å². The van der Waals surface area contributed by atoms with E-state index in [1.165, 1.54) is 7.11 Å². The highest BCUT2D eigenvalue weighted by Gasteiger charge is 2.04. The van der Waals surface area contributed by atoms with Crippen LogP contribution in [-0.4, -0.2) is 22.4 Å². The number of phenolic OH excluding ortho intramolecular Hbond substituents is 3. The zero-order chi connectivity index (χ0) is 14.7. The van der Waals surface area contributed by atoms with Crippen LogP contribution in [0.2, 0.25) is 0 Å². The molecule has 0 saturated heterocycles. The average molecular weight is 272 g/mol. The molecule has 0 aromatic heterocycles. The molecule has 0 aliphatic heterocycles. The molecule has 2 rings (SSSR count). The van der Waals surface area contributed by atoms with Crippen molar-refractivity contribution in [3.63, 3.8) is 0 Å². The summed E-state index contributed by atoms with van der Waals surface area (Å²) in [6.45, 7) is 1.64. The van der Waals surface area contributed by atoms with Crippen LogP contribution >= 0.6 is 0 Å². The van der Waals surface area contributed by atoms with Crippen LogP contribution in [0.15, 0.2) is 30.3 Å². The van der Waals surface area contributed by atoms with Gasteiger partial charge in [-0.15, -0.1) is 0 Å². The molecule has 0 aliphatic carbocycles. The molecule has 0 spiro atoms. The molecule has 0 aliphatic rings. The maximum atomic E-state index is 9.65. The highest BCUT2D eigenvalue weighted by atomic mass is 16.5. The molecule has 0 atom stereocenters. The first-order valence-electron chi connectivity index (χ1n) is 6.09. The smallest absolute Gasteiger partial charge is 0.161 e. The van der Waals surface area contributed by atoms with E-state index in [0.29, 0.717) is 16.9 Å². The van der Waals surface area contributed by atoms with Gasteiger partial charge in [-0.2, -0.15) is 0 Å². The van der Waals surface area contributed by atoms with Gasteiger partial charge in [0.05, 0.1) is 7.11 Å². The maximum absolute atomic E-state index is 9.65. The Kier molecular flexibility index (Phi) is 3.84. The molecular formula is C16H16O4. The first kappa shape index (κ1) is 13.8. The molecule has 0 radical (unpaired) electrons. The van der Waals surface area contributed by atoms with Gasteiger partial charge in [-0.05, 0) is 42.3 Å². The number of rotatable bonds is 3. The minimum atomic E-state index is 0.0490. The molecule has 4 heteroatoms. The van der Waals surface area contributed by atoms with Gasteiger partial charge in [0.25, 0.3) is 0 Å². The predicted molar refractivity (Wildman–Crippen MR) is 78.1 cm³/mol. The third-order valence-electron chi connectivity index (χ3n) is 3.05. The standard InChI is InChI=1S/C16H16O4/c1-10-14(18)7-12(8-15(10)19)4-3-11-5-6-13(17)16(9-11)20-2/h3-9,17-19H,1-2H3/b4-3+. The second-order valence-corrected chi connectivity index (χ2v) is 4.45. The Labute approximate surface area is 117 Å². The molecule has 0 amide bonds. The predicted octanol–water partition coefficient (Wildman–Crippen LogP) is 3.29. The van der Waals surface area contributed by atoms with Crippen LogP contribution in [0, 0.1) is 6.92 Å². The molecule has 0 fully saturated rings. The first-order chi connectivity index (χ1) is 9.51. The van der Waals surface area contributed by atoms with Gasteiger partial charge in [0.2, 0.25) is 0 Å². The molecule has 2 aromatic carbocycles. The van der Waals surface area contributed by atoms with Gasteiger partial charge in [-0.25, -0.2) is 0 Å². The lowest BCUT2D eigenvalue weighted by Crippen LogP contribution is -1.84. The van der Waals surface area contributed by atoms with E-state index in [4.69, 9.17) is 4.74 Å². The molecule has 3 N–H and O–H groups in total. The number of hydrogen-bond donors (Lipinski definition) is 3. The maximum Gasteiger partial charge on any atom is 0.161 e. The molecule has 0 heterocycles. The van der Waals surface area contributed by atoms with Gasteiger partial charge in [0, 0.05) is 5.56 Å². The Morgan fingerprint density at radius 2 is 1.45 bits per heavy atom. The van der Waals surface area contributed by atoms with Gasteiger partial charge in [0.15, 0.2) is 11.5 Å². The second kappa shape index (κ2) is 5.57. The van der Waals surface area contributed by atoms with E-state index >= 15 is 0 Å². The number of hydrogen-bond acceptors (Lipinski definition) is 4. The molecule has 2 aromatic rings. The van der Waals surface area contributed by atoms with Crippen molar-refractivity contribution >= 4 is 12.2 Å². The van der Waals surface area contributed by atoms with E-state index in [-0.39, 0.29) is 17.2 Å². The van der Waals surface area contributed by atoms with Crippen LogP contribution in [0.3, 0.4) is 0 Å². The van der Waals surface area contributed by atoms with E-state index in [1.807, 2.05) is 0 Å². The highest BCUT2D eigenvalue weighted by Crippen LogP contribution is 2.29. The number of ether oxygens (including phenoxy) is 1. The number of phenols is 3. The SMILES string of the molecule is COc1cc(/C=C/c2cc(O)c(C)c(O)c2)ccc1O. The third kappa shape index (κ3) is 2.85. The van der Waals surface area contributed by atoms with E-state index in [2.05, 4.69) is 0 Å². The Morgan fingerprint density at radius 3 is 2.05 bits per heavy atom. The topological polar surface area (TPSA) is 69.9 Å². The van der Waals surface area contributed by atoms with Crippen LogP contribution < -0.4 is 4.74 Å². The number of methoxy groups -OCH3 is 1. The zero-order valence-corrected chi connectivity index (χ0v) is 11.3. The van der Waals surface area contributed by atoms with Crippen molar-refractivity contribution in [2.45, 2.75) is 6.92 Å². The highest BCUT2D eigenvalue weighted by molar-refractivity contribution is 5.72. The summed E-state index contributed by atoms with van der Waals surface area (Å²) in [5, 5.41) is 28.8. The van der Waals surface area contributed by atoms with Gasteiger partial charge >= 0.3 is 0 Å². The fraction of sp³-hybridized carbons (Fsp3) is 0.125. The fourth-order valence-corrected chi connectivity index (χ4v) is 1.79. The van der Waals surface area contributed by atoms with Crippen molar-refractivity contribution in [2.75, 3.05) is 7.11 Å². The normalized spacial score (nSPS) is 10.9. The van der Waals surface area contributed by atoms with E-state index < -0.39 is 0 Å². The Balaban J connectivity index is 2.30. The average Bonchev–Trinajstić information content (AvgIpc) is 2.43. The quantitative estimate of drug-likeness (QED) is 0.750. The summed E-state index contributed by atoms with van der Waals surface area (Å²) in [6.07, 6.45) is 3.55. The summed E-state index contributed by atoms with van der Waals surface area (Å²) in [6, 6.07) is 8.12. The fourth-order valence-electron chi connectivity index (χ4n) is 1.79. The number of aromatic hydroxyl groups is 3. The minimum Gasteiger partial charge on any atom is -0.508 e. The lowest BCUT2D eigenvalue weighted by Gasteiger charge is -2.05. The lowest BCUT2D eigenvalue weighted by atomic mass is 10.1. The Morgan fingerprint density at radius 1 is 0.850 bits per heavy atom. The first-order valence-corrected chi connectivity index (χ1v) is 6.09. The van der Waals surface area contributed by atoms with Crippen molar-refractivity contribution in [3.8, 4) is 23.0 Å². The summed E-state index contributed by atoms with van der Waals surface area (Å²) in [7, 11) is 1.48. The van der Waals surface area contributed by atoms with Crippen LogP contribution in [0.4, 0.5) is 0 Å². The lowest BCUT2D eigenvalue weighted by molar-refractivity contribution is 0.373. The monoisotopic (exact) mass is 272 g/mol. The van der Waals surface area contributed by atoms with Crippen LogP contribution in [0.5, 0.6) is 23.0 Å². The van der Waals surface area contributed by atoms with Crippen molar-refractivity contribution in [1.82, 2.24) is 0 Å². The summed E-state index contributed by atoms with van der Waals surface area (Å²) >= 11 is 0.